The van der Waals surface area contributed by atoms with E-state index in [1.54, 1.807) is 11.0 Å². The molecule has 0 amide bonds. The summed E-state index contributed by atoms with van der Waals surface area (Å²) < 4.78 is 1.73. The third-order valence-corrected chi connectivity index (χ3v) is 2.22. The van der Waals surface area contributed by atoms with Crippen LogP contribution in [0.2, 0.25) is 0 Å². The molecule has 0 saturated heterocycles. The zero-order valence-corrected chi connectivity index (χ0v) is 8.88. The van der Waals surface area contributed by atoms with Crippen LogP contribution in [0, 0.1) is 6.92 Å². The van der Waals surface area contributed by atoms with Crippen LogP contribution in [0.1, 0.15) is 24.4 Å². The molecule has 78 valence electrons. The summed E-state index contributed by atoms with van der Waals surface area (Å²) in [6.07, 6.45) is 1.68. The monoisotopic (exact) mass is 202 g/mol. The summed E-state index contributed by atoms with van der Waals surface area (Å²) in [7, 11) is 0. The van der Waals surface area contributed by atoms with Crippen molar-refractivity contribution in [1.29, 1.82) is 0 Å². The minimum absolute atomic E-state index is 0.128. The summed E-state index contributed by atoms with van der Waals surface area (Å²) in [5.74, 6) is 0.663. The molecule has 1 unspecified atom stereocenters. The van der Waals surface area contributed by atoms with Crippen molar-refractivity contribution in [2.45, 2.75) is 19.9 Å². The Morgan fingerprint density at radius 3 is 2.47 bits per heavy atom. The summed E-state index contributed by atoms with van der Waals surface area (Å²) >= 11 is 0. The smallest absolute Gasteiger partial charge is 0.167 e. The van der Waals surface area contributed by atoms with Gasteiger partial charge in [-0.2, -0.15) is 0 Å². The van der Waals surface area contributed by atoms with Crippen LogP contribution in [0.5, 0.6) is 0 Å². The van der Waals surface area contributed by atoms with Crippen molar-refractivity contribution in [3.8, 4) is 5.69 Å². The molecule has 2 rings (SSSR count). The lowest BCUT2D eigenvalue weighted by Crippen LogP contribution is -2.07. The van der Waals surface area contributed by atoms with E-state index < -0.39 is 0 Å². The highest BCUT2D eigenvalue weighted by Gasteiger charge is 2.05. The number of nitrogens with zero attached hydrogens (tertiary/aromatic N) is 3. The maximum absolute atomic E-state index is 5.69. The highest BCUT2D eigenvalue weighted by molar-refractivity contribution is 5.32. The molecule has 2 aromatic rings. The Morgan fingerprint density at radius 1 is 1.27 bits per heavy atom. The van der Waals surface area contributed by atoms with Gasteiger partial charge in [-0.3, -0.25) is 0 Å². The third-order valence-electron chi connectivity index (χ3n) is 2.22. The molecule has 1 heterocycles. The standard InChI is InChI=1S/C11H14N4/c1-8-3-5-10(6-4-8)15-7-13-11(14-15)9(2)12/h3-7,9H,12H2,1-2H3. The predicted molar refractivity (Wildman–Crippen MR) is 58.7 cm³/mol. The Hall–Kier alpha value is -1.68. The van der Waals surface area contributed by atoms with Gasteiger partial charge in [0.15, 0.2) is 5.82 Å². The van der Waals surface area contributed by atoms with Crippen LogP contribution >= 0.6 is 0 Å². The summed E-state index contributed by atoms with van der Waals surface area (Å²) in [5.41, 5.74) is 7.92. The van der Waals surface area contributed by atoms with Gasteiger partial charge in [-0.05, 0) is 26.0 Å². The van der Waals surface area contributed by atoms with Gasteiger partial charge in [0.2, 0.25) is 0 Å². The zero-order chi connectivity index (χ0) is 10.8. The van der Waals surface area contributed by atoms with E-state index in [4.69, 9.17) is 5.73 Å². The molecule has 1 aromatic heterocycles. The minimum Gasteiger partial charge on any atom is -0.321 e. The summed E-state index contributed by atoms with van der Waals surface area (Å²) in [6.45, 7) is 3.92. The lowest BCUT2D eigenvalue weighted by molar-refractivity contribution is 0.726. The average Bonchev–Trinajstić information content (AvgIpc) is 2.68. The summed E-state index contributed by atoms with van der Waals surface area (Å²) in [5, 5.41) is 4.29. The SMILES string of the molecule is Cc1ccc(-n2cnc(C(C)N)n2)cc1. The van der Waals surface area contributed by atoms with Crippen LogP contribution in [-0.2, 0) is 0 Å². The second-order valence-corrected chi connectivity index (χ2v) is 3.67. The van der Waals surface area contributed by atoms with E-state index in [-0.39, 0.29) is 6.04 Å². The second kappa shape index (κ2) is 3.82. The number of benzene rings is 1. The van der Waals surface area contributed by atoms with Gasteiger partial charge in [0.25, 0.3) is 0 Å². The largest absolute Gasteiger partial charge is 0.321 e. The Balaban J connectivity index is 2.33. The van der Waals surface area contributed by atoms with Gasteiger partial charge >= 0.3 is 0 Å². The number of aromatic nitrogens is 3. The molecule has 0 bridgehead atoms. The first-order valence-electron chi connectivity index (χ1n) is 4.91. The van der Waals surface area contributed by atoms with Crippen LogP contribution in [-0.4, -0.2) is 14.8 Å². The normalized spacial score (nSPS) is 12.7. The van der Waals surface area contributed by atoms with Gasteiger partial charge < -0.3 is 5.73 Å². The number of hydrogen-bond acceptors (Lipinski definition) is 3. The lowest BCUT2D eigenvalue weighted by atomic mass is 10.2. The first kappa shape index (κ1) is 9.86. The van der Waals surface area contributed by atoms with Crippen LogP contribution in [0.15, 0.2) is 30.6 Å². The Morgan fingerprint density at radius 2 is 1.93 bits per heavy atom. The molecule has 0 aliphatic carbocycles. The molecular weight excluding hydrogens is 188 g/mol. The van der Waals surface area contributed by atoms with Crippen LogP contribution in [0.25, 0.3) is 5.69 Å². The first-order valence-corrected chi connectivity index (χ1v) is 4.91. The predicted octanol–water partition coefficient (Wildman–Crippen LogP) is 1.60. The van der Waals surface area contributed by atoms with Crippen molar-refractivity contribution in [1.82, 2.24) is 14.8 Å². The molecule has 0 radical (unpaired) electrons. The van der Waals surface area contributed by atoms with Crippen molar-refractivity contribution in [3.63, 3.8) is 0 Å². The maximum Gasteiger partial charge on any atom is 0.167 e. The van der Waals surface area contributed by atoms with Crippen molar-refractivity contribution in [2.75, 3.05) is 0 Å². The van der Waals surface area contributed by atoms with Crippen molar-refractivity contribution >= 4 is 0 Å². The van der Waals surface area contributed by atoms with Crippen molar-refractivity contribution < 1.29 is 0 Å². The van der Waals surface area contributed by atoms with Gasteiger partial charge in [0.1, 0.15) is 6.33 Å². The molecule has 0 aliphatic rings. The Bertz CT molecular complexity index is 442. The Labute approximate surface area is 88.8 Å². The van der Waals surface area contributed by atoms with E-state index in [0.717, 1.165) is 5.69 Å². The van der Waals surface area contributed by atoms with Crippen molar-refractivity contribution in [2.24, 2.45) is 5.73 Å². The van der Waals surface area contributed by atoms with E-state index in [2.05, 4.69) is 17.0 Å². The van der Waals surface area contributed by atoms with Crippen molar-refractivity contribution in [3.05, 3.63) is 42.0 Å². The van der Waals surface area contributed by atoms with Crippen LogP contribution in [0.3, 0.4) is 0 Å². The fourth-order valence-corrected chi connectivity index (χ4v) is 1.31. The molecule has 4 nitrogen and oxygen atoms in total. The average molecular weight is 202 g/mol. The molecule has 2 N–H and O–H groups in total. The quantitative estimate of drug-likeness (QED) is 0.804. The Kier molecular flexibility index (Phi) is 2.51. The highest BCUT2D eigenvalue weighted by Crippen LogP contribution is 2.09. The van der Waals surface area contributed by atoms with E-state index in [0.29, 0.717) is 5.82 Å². The highest BCUT2D eigenvalue weighted by atomic mass is 15.3. The van der Waals surface area contributed by atoms with Crippen LogP contribution in [0.4, 0.5) is 0 Å². The number of rotatable bonds is 2. The molecule has 0 aliphatic heterocycles. The van der Waals surface area contributed by atoms with Gasteiger partial charge in [-0.25, -0.2) is 9.67 Å². The molecule has 15 heavy (non-hydrogen) atoms. The third kappa shape index (κ3) is 2.05. The van der Waals surface area contributed by atoms with E-state index >= 15 is 0 Å². The maximum atomic E-state index is 5.69. The minimum atomic E-state index is -0.128. The van der Waals surface area contributed by atoms with Crippen LogP contribution < -0.4 is 5.73 Å². The van der Waals surface area contributed by atoms with E-state index in [1.165, 1.54) is 5.56 Å². The first-order chi connectivity index (χ1) is 7.16. The van der Waals surface area contributed by atoms with Gasteiger partial charge in [-0.1, -0.05) is 17.7 Å². The molecule has 0 spiro atoms. The van der Waals surface area contributed by atoms with Gasteiger partial charge in [-0.15, -0.1) is 5.10 Å². The van der Waals surface area contributed by atoms with Gasteiger partial charge in [0.05, 0.1) is 11.7 Å². The fourth-order valence-electron chi connectivity index (χ4n) is 1.31. The molecule has 1 atom stereocenters. The molecule has 1 aromatic carbocycles. The molecule has 0 fully saturated rings. The molecule has 0 saturated carbocycles. The molecular formula is C11H14N4. The summed E-state index contributed by atoms with van der Waals surface area (Å²) in [4.78, 5) is 4.14. The topological polar surface area (TPSA) is 56.7 Å². The number of nitrogens with two attached hydrogens (primary N) is 1. The zero-order valence-electron chi connectivity index (χ0n) is 8.88. The second-order valence-electron chi connectivity index (χ2n) is 3.67. The molecule has 4 heteroatoms. The van der Waals surface area contributed by atoms with Gasteiger partial charge in [0, 0.05) is 0 Å². The lowest BCUT2D eigenvalue weighted by Gasteiger charge is -2.00. The number of aryl methyl sites for hydroxylation is 1. The van der Waals surface area contributed by atoms with E-state index in [9.17, 15) is 0 Å². The number of hydrogen-bond donors (Lipinski definition) is 1. The van der Waals surface area contributed by atoms with E-state index in [1.807, 2.05) is 31.2 Å². The summed E-state index contributed by atoms with van der Waals surface area (Å²) in [6, 6.07) is 7.98. The fraction of sp³-hybridized carbons (Fsp3) is 0.273.